The molecule has 4 bridgehead atoms. The van der Waals surface area contributed by atoms with Gasteiger partial charge in [0, 0.05) is 11.1 Å². The van der Waals surface area contributed by atoms with E-state index in [4.69, 9.17) is 37.9 Å². The van der Waals surface area contributed by atoms with Gasteiger partial charge in [-0.3, -0.25) is 0 Å². The molecule has 4 rings (SSSR count). The highest BCUT2D eigenvalue weighted by Crippen LogP contribution is 2.56. The molecule has 10 heteroatoms. The summed E-state index contributed by atoms with van der Waals surface area (Å²) in [5, 5.41) is 0. The monoisotopic (exact) mass is 418 g/mol. The molecule has 0 saturated carbocycles. The summed E-state index contributed by atoms with van der Waals surface area (Å²) < 4.78 is 44.0. The fourth-order valence-corrected chi connectivity index (χ4v) is 3.45. The molecular formula is C20H18O10. The molecule has 0 atom stereocenters. The van der Waals surface area contributed by atoms with Gasteiger partial charge in [0.05, 0.1) is 39.6 Å². The number of methoxy groups -OCH3 is 4. The van der Waals surface area contributed by atoms with Gasteiger partial charge in [0.15, 0.2) is 23.0 Å². The van der Waals surface area contributed by atoms with E-state index in [-0.39, 0.29) is 70.3 Å². The molecule has 2 aliphatic heterocycles. The van der Waals surface area contributed by atoms with Gasteiger partial charge in [-0.2, -0.15) is 0 Å². The lowest BCUT2D eigenvalue weighted by Gasteiger charge is -2.20. The minimum Gasteiger partial charge on any atom is -0.492 e. The van der Waals surface area contributed by atoms with Crippen molar-refractivity contribution in [2.75, 3.05) is 42.0 Å². The second-order valence-corrected chi connectivity index (χ2v) is 6.12. The predicted molar refractivity (Wildman–Crippen MR) is 99.9 cm³/mol. The summed E-state index contributed by atoms with van der Waals surface area (Å²) >= 11 is 0. The van der Waals surface area contributed by atoms with Crippen molar-refractivity contribution in [1.29, 1.82) is 0 Å². The first-order valence-corrected chi connectivity index (χ1v) is 8.73. The van der Waals surface area contributed by atoms with Gasteiger partial charge >= 0.3 is 11.9 Å². The lowest BCUT2D eigenvalue weighted by Crippen LogP contribution is -2.15. The van der Waals surface area contributed by atoms with Crippen LogP contribution in [-0.4, -0.2) is 54.0 Å². The zero-order valence-electron chi connectivity index (χ0n) is 16.7. The molecule has 0 amide bonds. The molecule has 0 saturated heterocycles. The Balaban J connectivity index is 2.27. The smallest absolute Gasteiger partial charge is 0.338 e. The number of hydrogen-bond acceptors (Lipinski definition) is 10. The Labute approximate surface area is 171 Å². The van der Waals surface area contributed by atoms with Crippen molar-refractivity contribution in [2.24, 2.45) is 0 Å². The van der Waals surface area contributed by atoms with Crippen molar-refractivity contribution in [2.45, 2.75) is 0 Å². The number of ether oxygens (including phenoxy) is 8. The molecular weight excluding hydrogens is 400 g/mol. The maximum absolute atomic E-state index is 12.7. The number of carbonyl (C=O) groups is 2. The third-order valence-corrected chi connectivity index (χ3v) is 4.71. The Kier molecular flexibility index (Phi) is 4.90. The van der Waals surface area contributed by atoms with Crippen molar-refractivity contribution in [3.05, 3.63) is 23.3 Å². The van der Waals surface area contributed by atoms with Gasteiger partial charge < -0.3 is 37.9 Å². The van der Waals surface area contributed by atoms with Crippen molar-refractivity contribution in [3.8, 4) is 45.6 Å². The topological polar surface area (TPSA) is 108 Å². The van der Waals surface area contributed by atoms with Gasteiger partial charge in [0.2, 0.25) is 25.1 Å². The SMILES string of the molecule is COC(=O)c1cc2c3c(OC)c1-c1c(C(=O)OC)cc(c(c1OC)OCO3)OCO2. The average Bonchev–Trinajstić information content (AvgIpc) is 2.81. The Morgan fingerprint density at radius 1 is 0.700 bits per heavy atom. The second-order valence-electron chi connectivity index (χ2n) is 6.12. The number of esters is 2. The predicted octanol–water partition coefficient (Wildman–Crippen LogP) is 2.40. The summed E-state index contributed by atoms with van der Waals surface area (Å²) in [6.07, 6.45) is 0. The summed E-state index contributed by atoms with van der Waals surface area (Å²) in [6, 6.07) is 2.84. The van der Waals surface area contributed by atoms with Crippen LogP contribution in [0.5, 0.6) is 34.5 Å². The number of fused-ring (bicyclic) bond motifs is 5. The summed E-state index contributed by atoms with van der Waals surface area (Å²) in [6.45, 7) is -0.521. The summed E-state index contributed by atoms with van der Waals surface area (Å²) in [5.41, 5.74) is 0.513. The first kappa shape index (κ1) is 19.5. The van der Waals surface area contributed by atoms with E-state index in [1.54, 1.807) is 0 Å². The molecule has 30 heavy (non-hydrogen) atoms. The van der Waals surface area contributed by atoms with E-state index in [0.29, 0.717) is 0 Å². The van der Waals surface area contributed by atoms with Gasteiger partial charge in [-0.15, -0.1) is 0 Å². The molecule has 158 valence electrons. The molecule has 0 radical (unpaired) electrons. The van der Waals surface area contributed by atoms with E-state index in [2.05, 4.69) is 0 Å². The van der Waals surface area contributed by atoms with Crippen molar-refractivity contribution < 1.29 is 47.5 Å². The number of rotatable bonds is 4. The van der Waals surface area contributed by atoms with Crippen LogP contribution in [-0.2, 0) is 9.47 Å². The fraction of sp³-hybridized carbons (Fsp3) is 0.300. The molecule has 2 heterocycles. The minimum atomic E-state index is -0.691. The molecule has 0 aliphatic carbocycles. The molecule has 0 aromatic heterocycles. The maximum Gasteiger partial charge on any atom is 0.338 e. The van der Waals surface area contributed by atoms with E-state index < -0.39 is 11.9 Å². The molecule has 0 fully saturated rings. The maximum atomic E-state index is 12.7. The third-order valence-electron chi connectivity index (χ3n) is 4.71. The van der Waals surface area contributed by atoms with E-state index in [1.165, 1.54) is 40.6 Å². The normalized spacial score (nSPS) is 13.1. The summed E-state index contributed by atoms with van der Waals surface area (Å²) in [5.74, 6) is -0.467. The Morgan fingerprint density at radius 3 is 1.47 bits per heavy atom. The van der Waals surface area contributed by atoms with Crippen LogP contribution in [0, 0.1) is 0 Å². The van der Waals surface area contributed by atoms with Crippen molar-refractivity contribution in [1.82, 2.24) is 0 Å². The quantitative estimate of drug-likeness (QED) is 0.687. The first-order chi connectivity index (χ1) is 14.5. The second kappa shape index (κ2) is 7.54. The highest BCUT2D eigenvalue weighted by atomic mass is 16.7. The molecule has 2 aliphatic rings. The van der Waals surface area contributed by atoms with Crippen LogP contribution in [0.3, 0.4) is 0 Å². The van der Waals surface area contributed by atoms with Crippen LogP contribution in [0.4, 0.5) is 0 Å². The van der Waals surface area contributed by atoms with Crippen LogP contribution < -0.4 is 28.4 Å². The van der Waals surface area contributed by atoms with Gasteiger partial charge in [0.1, 0.15) is 0 Å². The fourth-order valence-electron chi connectivity index (χ4n) is 3.45. The highest BCUT2D eigenvalue weighted by molar-refractivity contribution is 6.08. The van der Waals surface area contributed by atoms with E-state index in [1.807, 2.05) is 0 Å². The van der Waals surface area contributed by atoms with Crippen LogP contribution in [0.1, 0.15) is 20.7 Å². The molecule has 0 unspecified atom stereocenters. The van der Waals surface area contributed by atoms with Crippen LogP contribution in [0.25, 0.3) is 11.1 Å². The van der Waals surface area contributed by atoms with Gasteiger partial charge in [0.25, 0.3) is 0 Å². The summed E-state index contributed by atoms with van der Waals surface area (Å²) in [7, 11) is 5.26. The van der Waals surface area contributed by atoms with Gasteiger partial charge in [-0.05, 0) is 12.1 Å². The Morgan fingerprint density at radius 2 is 1.10 bits per heavy atom. The Hall–Kier alpha value is -3.82. The lowest BCUT2D eigenvalue weighted by atomic mass is 9.91. The average molecular weight is 418 g/mol. The molecule has 2 aromatic rings. The largest absolute Gasteiger partial charge is 0.492 e. The third kappa shape index (κ3) is 2.79. The molecule has 10 nitrogen and oxygen atoms in total. The molecule has 2 aromatic carbocycles. The van der Waals surface area contributed by atoms with Crippen molar-refractivity contribution >= 4 is 11.9 Å². The van der Waals surface area contributed by atoms with E-state index in [0.717, 1.165) is 0 Å². The van der Waals surface area contributed by atoms with Crippen molar-refractivity contribution in [3.63, 3.8) is 0 Å². The number of benzene rings is 2. The van der Waals surface area contributed by atoms with Crippen LogP contribution in [0.2, 0.25) is 0 Å². The van der Waals surface area contributed by atoms with Gasteiger partial charge in [-0.1, -0.05) is 0 Å². The number of hydrogen-bond donors (Lipinski definition) is 0. The zero-order chi connectivity index (χ0) is 21.4. The summed E-state index contributed by atoms with van der Waals surface area (Å²) in [4.78, 5) is 25.4. The standard InChI is InChI=1S/C20H18O10/c1-23-17-13-9(19(21)25-3)5-11-15(17)29-8-30-16-12(28-7-27-11)6-10(20(22)26-4)14(13)18(16)24-2/h5-6H,7-8H2,1-4H3. The minimum absolute atomic E-state index is 0.0580. The first-order valence-electron chi connectivity index (χ1n) is 8.73. The lowest BCUT2D eigenvalue weighted by molar-refractivity contribution is 0.0589. The van der Waals surface area contributed by atoms with Gasteiger partial charge in [-0.25, -0.2) is 9.59 Å². The highest BCUT2D eigenvalue weighted by Gasteiger charge is 2.36. The van der Waals surface area contributed by atoms with E-state index in [9.17, 15) is 9.59 Å². The van der Waals surface area contributed by atoms with E-state index >= 15 is 0 Å². The molecule has 0 spiro atoms. The molecule has 0 N–H and O–H groups in total. The zero-order valence-corrected chi connectivity index (χ0v) is 16.7. The van der Waals surface area contributed by atoms with Crippen LogP contribution in [0.15, 0.2) is 12.1 Å². The van der Waals surface area contributed by atoms with Crippen LogP contribution >= 0.6 is 0 Å². The Bertz CT molecular complexity index is 961. The number of carbonyl (C=O) groups excluding carboxylic acids is 2.